The fourth-order valence-corrected chi connectivity index (χ4v) is 1.48. The van der Waals surface area contributed by atoms with Gasteiger partial charge in [0.25, 0.3) is 5.91 Å². The van der Waals surface area contributed by atoms with E-state index in [1.165, 1.54) is 0 Å². The number of H-pyrrole nitrogens is 1. The standard InChI is InChI=1S/C13H20N2O/c1-5-10-7-12(15-11(10)6-2)13(16)14-8-9(3)4/h5-7,9,15H,8H2,1-4H3,(H,14,16). The van der Waals surface area contributed by atoms with Crippen LogP contribution in [0.1, 0.15) is 38.2 Å². The Balaban J connectivity index is 2.90. The summed E-state index contributed by atoms with van der Waals surface area (Å²) in [5.74, 6) is 0.429. The van der Waals surface area contributed by atoms with Crippen molar-refractivity contribution in [1.29, 1.82) is 0 Å². The predicted octanol–water partition coefficient (Wildman–Crippen LogP) is 1.00. The van der Waals surface area contributed by atoms with Crippen molar-refractivity contribution in [2.24, 2.45) is 5.92 Å². The van der Waals surface area contributed by atoms with Gasteiger partial charge in [-0.15, -0.1) is 0 Å². The van der Waals surface area contributed by atoms with Crippen molar-refractivity contribution in [2.45, 2.75) is 27.7 Å². The van der Waals surface area contributed by atoms with E-state index >= 15 is 0 Å². The second-order valence-corrected chi connectivity index (χ2v) is 4.23. The van der Waals surface area contributed by atoms with Crippen LogP contribution in [0, 0.1) is 5.92 Å². The molecule has 3 heteroatoms. The van der Waals surface area contributed by atoms with Crippen LogP contribution in [0.3, 0.4) is 0 Å². The molecule has 0 spiro atoms. The van der Waals surface area contributed by atoms with Crippen LogP contribution in [0.25, 0.3) is 12.2 Å². The molecule has 88 valence electrons. The third-order valence-electron chi connectivity index (χ3n) is 2.40. The van der Waals surface area contributed by atoms with Crippen molar-refractivity contribution < 1.29 is 4.79 Å². The van der Waals surface area contributed by atoms with Crippen LogP contribution in [0.5, 0.6) is 0 Å². The van der Waals surface area contributed by atoms with E-state index in [9.17, 15) is 4.79 Å². The maximum Gasteiger partial charge on any atom is 0.267 e. The molecule has 0 saturated heterocycles. The van der Waals surface area contributed by atoms with Gasteiger partial charge in [-0.2, -0.15) is 0 Å². The van der Waals surface area contributed by atoms with Gasteiger partial charge in [0.05, 0.1) is 0 Å². The third kappa shape index (κ3) is 2.99. The number of aromatic nitrogens is 1. The number of hydrogen-bond acceptors (Lipinski definition) is 1. The normalized spacial score (nSPS) is 13.6. The summed E-state index contributed by atoms with van der Waals surface area (Å²) in [4.78, 5) is 14.9. The first kappa shape index (κ1) is 12.6. The average Bonchev–Trinajstić information content (AvgIpc) is 2.68. The fraction of sp³-hybridized carbons (Fsp3) is 0.462. The molecule has 0 bridgehead atoms. The molecule has 0 radical (unpaired) electrons. The Kier molecular flexibility index (Phi) is 4.35. The molecule has 3 nitrogen and oxygen atoms in total. The smallest absolute Gasteiger partial charge is 0.267 e. The molecule has 0 unspecified atom stereocenters. The van der Waals surface area contributed by atoms with Gasteiger partial charge in [-0.25, -0.2) is 0 Å². The number of carbonyl (C=O) groups excluding carboxylic acids is 1. The summed E-state index contributed by atoms with van der Waals surface area (Å²) in [6.45, 7) is 8.77. The summed E-state index contributed by atoms with van der Waals surface area (Å²) in [6, 6.07) is 1.88. The van der Waals surface area contributed by atoms with E-state index < -0.39 is 0 Å². The monoisotopic (exact) mass is 220 g/mol. The molecular weight excluding hydrogens is 200 g/mol. The first-order chi connectivity index (χ1) is 7.58. The number of aromatic amines is 1. The van der Waals surface area contributed by atoms with Gasteiger partial charge in [0, 0.05) is 11.9 Å². The van der Waals surface area contributed by atoms with E-state index in [1.54, 1.807) is 0 Å². The zero-order valence-corrected chi connectivity index (χ0v) is 10.4. The van der Waals surface area contributed by atoms with Gasteiger partial charge in [0.15, 0.2) is 0 Å². The van der Waals surface area contributed by atoms with E-state index in [-0.39, 0.29) is 5.91 Å². The van der Waals surface area contributed by atoms with Crippen LogP contribution in [-0.2, 0) is 0 Å². The molecule has 1 amide bonds. The molecule has 0 aliphatic rings. The minimum absolute atomic E-state index is 0.0371. The van der Waals surface area contributed by atoms with Crippen molar-refractivity contribution >= 4 is 18.1 Å². The lowest BCUT2D eigenvalue weighted by Gasteiger charge is -2.05. The van der Waals surface area contributed by atoms with E-state index in [0.717, 1.165) is 10.6 Å². The number of amides is 1. The number of hydrogen-bond donors (Lipinski definition) is 2. The highest BCUT2D eigenvalue weighted by Gasteiger charge is 2.07. The van der Waals surface area contributed by atoms with Gasteiger partial charge in [-0.1, -0.05) is 26.0 Å². The molecule has 1 heterocycles. The Bertz CT molecular complexity index is 437. The molecule has 1 rings (SSSR count). The van der Waals surface area contributed by atoms with Crippen molar-refractivity contribution in [3.8, 4) is 0 Å². The lowest BCUT2D eigenvalue weighted by Crippen LogP contribution is -2.28. The summed E-state index contributed by atoms with van der Waals surface area (Å²) in [7, 11) is 0. The maximum atomic E-state index is 11.8. The quantitative estimate of drug-likeness (QED) is 0.784. The summed E-state index contributed by atoms with van der Waals surface area (Å²) in [5.41, 5.74) is 0.627. The van der Waals surface area contributed by atoms with Crippen molar-refractivity contribution in [1.82, 2.24) is 10.3 Å². The second kappa shape index (κ2) is 5.54. The zero-order valence-electron chi connectivity index (χ0n) is 10.4. The zero-order chi connectivity index (χ0) is 12.1. The van der Waals surface area contributed by atoms with Gasteiger partial charge in [0.2, 0.25) is 0 Å². The lowest BCUT2D eigenvalue weighted by atomic mass is 10.2. The molecule has 0 fully saturated rings. The molecule has 0 aliphatic carbocycles. The molecule has 0 aliphatic heterocycles. The largest absolute Gasteiger partial charge is 0.351 e. The molecule has 1 aromatic rings. The highest BCUT2D eigenvalue weighted by Crippen LogP contribution is 1.91. The minimum Gasteiger partial charge on any atom is -0.351 e. The van der Waals surface area contributed by atoms with Crippen molar-refractivity contribution in [3.05, 3.63) is 22.3 Å². The van der Waals surface area contributed by atoms with Gasteiger partial charge < -0.3 is 10.3 Å². The topological polar surface area (TPSA) is 44.9 Å². The average molecular weight is 220 g/mol. The second-order valence-electron chi connectivity index (χ2n) is 4.23. The van der Waals surface area contributed by atoms with E-state index in [2.05, 4.69) is 24.1 Å². The molecule has 1 aromatic heterocycles. The highest BCUT2D eigenvalue weighted by atomic mass is 16.1. The van der Waals surface area contributed by atoms with E-state index in [0.29, 0.717) is 18.2 Å². The Labute approximate surface area is 96.3 Å². The van der Waals surface area contributed by atoms with Gasteiger partial charge in [-0.3, -0.25) is 4.79 Å². The Morgan fingerprint density at radius 2 is 2.12 bits per heavy atom. The van der Waals surface area contributed by atoms with Crippen LogP contribution in [-0.4, -0.2) is 17.4 Å². The Hall–Kier alpha value is -1.51. The fourth-order valence-electron chi connectivity index (χ4n) is 1.48. The van der Waals surface area contributed by atoms with Crippen molar-refractivity contribution in [3.63, 3.8) is 0 Å². The van der Waals surface area contributed by atoms with Gasteiger partial charge in [-0.05, 0) is 31.1 Å². The lowest BCUT2D eigenvalue weighted by molar-refractivity contribution is 0.0944. The van der Waals surface area contributed by atoms with Crippen LogP contribution in [0.4, 0.5) is 0 Å². The molecule has 0 saturated carbocycles. The first-order valence-electron chi connectivity index (χ1n) is 5.68. The summed E-state index contributed by atoms with van der Waals surface area (Å²) >= 11 is 0. The van der Waals surface area contributed by atoms with E-state index in [1.807, 2.05) is 32.1 Å². The predicted molar refractivity (Wildman–Crippen MR) is 67.5 cm³/mol. The Morgan fingerprint density at radius 1 is 1.44 bits per heavy atom. The molecule has 2 N–H and O–H groups in total. The van der Waals surface area contributed by atoms with Crippen molar-refractivity contribution in [2.75, 3.05) is 6.54 Å². The van der Waals surface area contributed by atoms with Gasteiger partial charge in [0.1, 0.15) is 5.69 Å². The van der Waals surface area contributed by atoms with Gasteiger partial charge >= 0.3 is 0 Å². The van der Waals surface area contributed by atoms with Crippen LogP contribution >= 0.6 is 0 Å². The summed E-state index contributed by atoms with van der Waals surface area (Å²) < 4.78 is 0. The maximum absolute atomic E-state index is 11.8. The number of nitrogens with one attached hydrogen (secondary N) is 2. The number of carbonyl (C=O) groups is 1. The van der Waals surface area contributed by atoms with Crippen LogP contribution in [0.15, 0.2) is 6.07 Å². The SMILES string of the molecule is CC=c1cc(C(=O)NCC(C)C)[nH]c1=CC. The third-order valence-corrected chi connectivity index (χ3v) is 2.40. The minimum atomic E-state index is -0.0371. The number of rotatable bonds is 3. The van der Waals surface area contributed by atoms with Crippen LogP contribution in [0.2, 0.25) is 0 Å². The Morgan fingerprint density at radius 3 is 2.56 bits per heavy atom. The first-order valence-corrected chi connectivity index (χ1v) is 5.68. The molecule has 0 aromatic carbocycles. The summed E-state index contributed by atoms with van der Waals surface area (Å²) in [6.07, 6.45) is 3.96. The van der Waals surface area contributed by atoms with Crippen LogP contribution < -0.4 is 15.9 Å². The molecule has 0 atom stereocenters. The highest BCUT2D eigenvalue weighted by molar-refractivity contribution is 5.92. The summed E-state index contributed by atoms with van der Waals surface area (Å²) in [5, 5.41) is 4.95. The molecular formula is C13H20N2O. The van der Waals surface area contributed by atoms with E-state index in [4.69, 9.17) is 0 Å². The molecule has 16 heavy (non-hydrogen) atoms.